The first-order valence-electron chi connectivity index (χ1n) is 5.46. The maximum atomic E-state index is 11.9. The number of hydrogen-bond acceptors (Lipinski definition) is 6. The number of carbonyl (C=O) groups excluding carboxylic acids is 1. The summed E-state index contributed by atoms with van der Waals surface area (Å²) < 4.78 is 35.6. The minimum absolute atomic E-state index is 0.0174. The van der Waals surface area contributed by atoms with Gasteiger partial charge in [0.15, 0.2) is 5.76 Å². The van der Waals surface area contributed by atoms with E-state index in [0.717, 1.165) is 0 Å². The lowest BCUT2D eigenvalue weighted by atomic mass is 10.4. The Morgan fingerprint density at radius 3 is 2.61 bits per heavy atom. The number of nitrogens with one attached hydrogen (secondary N) is 1. The van der Waals surface area contributed by atoms with Crippen molar-refractivity contribution in [2.24, 2.45) is 0 Å². The van der Waals surface area contributed by atoms with Gasteiger partial charge in [-0.3, -0.25) is 4.79 Å². The fraction of sp³-hybridized carbons (Fsp3) is 0.600. The summed E-state index contributed by atoms with van der Waals surface area (Å²) in [6.45, 7) is 4.99. The summed E-state index contributed by atoms with van der Waals surface area (Å²) in [5.74, 6) is -0.227. The lowest BCUT2D eigenvalue weighted by Gasteiger charge is -2.05. The highest BCUT2D eigenvalue weighted by Crippen LogP contribution is 2.18. The monoisotopic (exact) mass is 276 g/mol. The average molecular weight is 276 g/mol. The fourth-order valence-corrected chi connectivity index (χ4v) is 2.81. The first kappa shape index (κ1) is 14.7. The van der Waals surface area contributed by atoms with Gasteiger partial charge < -0.3 is 9.26 Å². The van der Waals surface area contributed by atoms with Gasteiger partial charge in [-0.1, -0.05) is 5.16 Å². The van der Waals surface area contributed by atoms with Crippen molar-refractivity contribution in [2.75, 3.05) is 13.2 Å². The zero-order chi connectivity index (χ0) is 13.8. The second kappa shape index (κ2) is 5.96. The molecule has 0 aliphatic rings. The van der Waals surface area contributed by atoms with Crippen molar-refractivity contribution < 1.29 is 22.5 Å². The Morgan fingerprint density at radius 1 is 1.44 bits per heavy atom. The van der Waals surface area contributed by atoms with Crippen molar-refractivity contribution in [2.45, 2.75) is 32.1 Å². The van der Waals surface area contributed by atoms with Gasteiger partial charge in [0, 0.05) is 6.54 Å². The molecule has 7 nitrogen and oxygen atoms in total. The molecular weight excluding hydrogens is 260 g/mol. The first-order chi connectivity index (χ1) is 8.38. The highest BCUT2D eigenvalue weighted by Gasteiger charge is 2.23. The lowest BCUT2D eigenvalue weighted by molar-refractivity contribution is -0.142. The molecule has 0 atom stereocenters. The summed E-state index contributed by atoms with van der Waals surface area (Å²) >= 11 is 0. The summed E-state index contributed by atoms with van der Waals surface area (Å²) in [7, 11) is -3.70. The number of rotatable bonds is 6. The lowest BCUT2D eigenvalue weighted by Crippen LogP contribution is -2.27. The van der Waals surface area contributed by atoms with Crippen molar-refractivity contribution in [3.8, 4) is 0 Å². The number of aryl methyl sites for hydroxylation is 2. The van der Waals surface area contributed by atoms with Gasteiger partial charge in [-0.05, 0) is 20.8 Å². The Hall–Kier alpha value is -1.41. The summed E-state index contributed by atoms with van der Waals surface area (Å²) in [5, 5.41) is 3.57. The van der Waals surface area contributed by atoms with E-state index < -0.39 is 16.0 Å². The SMILES string of the molecule is CCOC(=O)CCNS(=O)(=O)c1c(C)noc1C. The first-order valence-corrected chi connectivity index (χ1v) is 6.95. The molecule has 0 saturated carbocycles. The molecule has 8 heteroatoms. The fourth-order valence-electron chi connectivity index (χ4n) is 1.45. The van der Waals surface area contributed by atoms with Gasteiger partial charge in [0.2, 0.25) is 10.0 Å². The Kier molecular flexibility index (Phi) is 4.85. The average Bonchev–Trinajstić information content (AvgIpc) is 2.59. The molecule has 0 amide bonds. The smallest absolute Gasteiger partial charge is 0.307 e. The van der Waals surface area contributed by atoms with Crippen molar-refractivity contribution in [3.63, 3.8) is 0 Å². The van der Waals surface area contributed by atoms with Crippen molar-refractivity contribution in [3.05, 3.63) is 11.5 Å². The van der Waals surface area contributed by atoms with Gasteiger partial charge in [-0.15, -0.1) is 0 Å². The summed E-state index contributed by atoms with van der Waals surface area (Å²) in [4.78, 5) is 11.1. The van der Waals surface area contributed by atoms with Crippen LogP contribution in [0.3, 0.4) is 0 Å². The third kappa shape index (κ3) is 3.54. The van der Waals surface area contributed by atoms with Crippen LogP contribution in [0.4, 0.5) is 0 Å². The number of ether oxygens (including phenoxy) is 1. The van der Waals surface area contributed by atoms with E-state index in [-0.39, 0.29) is 35.9 Å². The van der Waals surface area contributed by atoms with Crippen LogP contribution in [0.15, 0.2) is 9.42 Å². The number of esters is 1. The van der Waals surface area contributed by atoms with Crippen LogP contribution in [0.5, 0.6) is 0 Å². The highest BCUT2D eigenvalue weighted by molar-refractivity contribution is 7.89. The third-order valence-corrected chi connectivity index (χ3v) is 3.87. The van der Waals surface area contributed by atoms with Gasteiger partial charge in [-0.25, -0.2) is 13.1 Å². The van der Waals surface area contributed by atoms with Crippen LogP contribution in [-0.2, 0) is 19.6 Å². The maximum absolute atomic E-state index is 11.9. The molecule has 0 radical (unpaired) electrons. The summed E-state index contributed by atoms with van der Waals surface area (Å²) in [6, 6.07) is 0. The molecule has 1 aromatic heterocycles. The second-order valence-electron chi connectivity index (χ2n) is 3.61. The van der Waals surface area contributed by atoms with Crippen LogP contribution in [0.2, 0.25) is 0 Å². The van der Waals surface area contributed by atoms with Gasteiger partial charge in [0.25, 0.3) is 0 Å². The standard InChI is InChI=1S/C10H16N2O5S/c1-4-16-9(13)5-6-11-18(14,15)10-7(2)12-17-8(10)3/h11H,4-6H2,1-3H3. The Balaban J connectivity index is 2.64. The normalized spacial score (nSPS) is 11.5. The van der Waals surface area contributed by atoms with Crippen LogP contribution < -0.4 is 4.72 Å². The Bertz CT molecular complexity index is 501. The molecule has 0 bridgehead atoms. The van der Waals surface area contributed by atoms with Gasteiger partial charge in [-0.2, -0.15) is 0 Å². The number of hydrogen-bond donors (Lipinski definition) is 1. The number of nitrogens with zero attached hydrogens (tertiary/aromatic N) is 1. The third-order valence-electron chi connectivity index (χ3n) is 2.16. The molecule has 0 aliphatic heterocycles. The number of sulfonamides is 1. The molecule has 0 saturated heterocycles. The molecule has 1 aromatic rings. The van der Waals surface area contributed by atoms with E-state index in [0.29, 0.717) is 0 Å². The van der Waals surface area contributed by atoms with Gasteiger partial charge in [0.05, 0.1) is 13.0 Å². The van der Waals surface area contributed by atoms with Crippen molar-refractivity contribution in [1.29, 1.82) is 0 Å². The van der Waals surface area contributed by atoms with Crippen LogP contribution in [0.25, 0.3) is 0 Å². The van der Waals surface area contributed by atoms with Crippen LogP contribution >= 0.6 is 0 Å². The predicted octanol–water partition coefficient (Wildman–Crippen LogP) is 0.523. The van der Waals surface area contributed by atoms with Crippen molar-refractivity contribution >= 4 is 16.0 Å². The van der Waals surface area contributed by atoms with Crippen LogP contribution in [0.1, 0.15) is 24.8 Å². The topological polar surface area (TPSA) is 98.5 Å². The molecule has 0 fully saturated rings. The van der Waals surface area contributed by atoms with Crippen molar-refractivity contribution in [1.82, 2.24) is 9.88 Å². The van der Waals surface area contributed by atoms with E-state index >= 15 is 0 Å². The molecule has 0 aliphatic carbocycles. The number of aromatic nitrogens is 1. The summed E-state index contributed by atoms with van der Waals surface area (Å²) in [5.41, 5.74) is 0.288. The van der Waals surface area contributed by atoms with E-state index in [1.165, 1.54) is 13.8 Å². The van der Waals surface area contributed by atoms with E-state index in [1.54, 1.807) is 6.92 Å². The quantitative estimate of drug-likeness (QED) is 0.761. The van der Waals surface area contributed by atoms with E-state index in [1.807, 2.05) is 0 Å². The molecule has 0 unspecified atom stereocenters. The van der Waals surface area contributed by atoms with Crippen LogP contribution in [-0.4, -0.2) is 32.7 Å². The number of carbonyl (C=O) groups is 1. The molecule has 1 rings (SSSR count). The largest absolute Gasteiger partial charge is 0.466 e. The zero-order valence-corrected chi connectivity index (χ0v) is 11.3. The predicted molar refractivity (Wildman–Crippen MR) is 62.4 cm³/mol. The molecule has 102 valence electrons. The zero-order valence-electron chi connectivity index (χ0n) is 10.5. The van der Waals surface area contributed by atoms with E-state index in [4.69, 9.17) is 9.26 Å². The van der Waals surface area contributed by atoms with Gasteiger partial charge >= 0.3 is 5.97 Å². The highest BCUT2D eigenvalue weighted by atomic mass is 32.2. The van der Waals surface area contributed by atoms with E-state index in [2.05, 4.69) is 9.88 Å². The molecule has 18 heavy (non-hydrogen) atoms. The van der Waals surface area contributed by atoms with Crippen LogP contribution in [0, 0.1) is 13.8 Å². The molecule has 0 aromatic carbocycles. The maximum Gasteiger partial charge on any atom is 0.307 e. The Morgan fingerprint density at radius 2 is 2.11 bits per heavy atom. The minimum atomic E-state index is -3.70. The molecular formula is C10H16N2O5S. The molecule has 1 N–H and O–H groups in total. The van der Waals surface area contributed by atoms with Gasteiger partial charge in [0.1, 0.15) is 10.6 Å². The van der Waals surface area contributed by atoms with E-state index in [9.17, 15) is 13.2 Å². The molecule has 0 spiro atoms. The summed E-state index contributed by atoms with van der Waals surface area (Å²) in [6.07, 6.45) is -0.0174. The molecule has 1 heterocycles. The Labute approximate surface area is 106 Å². The minimum Gasteiger partial charge on any atom is -0.466 e. The second-order valence-corrected chi connectivity index (χ2v) is 5.31.